The second-order valence-electron chi connectivity index (χ2n) is 5.94. The Morgan fingerprint density at radius 2 is 1.93 bits per heavy atom. The van der Waals surface area contributed by atoms with Crippen molar-refractivity contribution < 1.29 is 5.11 Å². The highest BCUT2D eigenvalue weighted by Crippen LogP contribution is 2.48. The Morgan fingerprint density at radius 1 is 1.40 bits per heavy atom. The van der Waals surface area contributed by atoms with E-state index in [0.717, 1.165) is 13.0 Å². The first kappa shape index (κ1) is 13.0. The van der Waals surface area contributed by atoms with Gasteiger partial charge in [-0.25, -0.2) is 0 Å². The molecule has 0 amide bonds. The lowest BCUT2D eigenvalue weighted by molar-refractivity contribution is 0.0455. The van der Waals surface area contributed by atoms with Gasteiger partial charge in [0.25, 0.3) is 0 Å². The maximum absolute atomic E-state index is 9.76. The molecule has 0 aromatic rings. The molecule has 2 N–H and O–H groups in total. The number of hydrogen-bond donors (Lipinski definition) is 2. The fourth-order valence-electron chi connectivity index (χ4n) is 1.83. The van der Waals surface area contributed by atoms with Gasteiger partial charge in [-0.3, -0.25) is 0 Å². The highest BCUT2D eigenvalue weighted by molar-refractivity contribution is 4.97. The summed E-state index contributed by atoms with van der Waals surface area (Å²) in [7, 11) is 0. The second-order valence-corrected chi connectivity index (χ2v) is 5.94. The van der Waals surface area contributed by atoms with Crippen molar-refractivity contribution in [3.05, 3.63) is 0 Å². The Bertz CT molecular complexity index is 211. The van der Waals surface area contributed by atoms with Gasteiger partial charge in [0.15, 0.2) is 0 Å². The molecule has 2 heteroatoms. The van der Waals surface area contributed by atoms with Gasteiger partial charge >= 0.3 is 0 Å². The lowest BCUT2D eigenvalue weighted by Crippen LogP contribution is -2.44. The zero-order valence-electron chi connectivity index (χ0n) is 10.9. The van der Waals surface area contributed by atoms with Crippen LogP contribution in [0.4, 0.5) is 0 Å². The molecule has 0 heterocycles. The molecule has 90 valence electrons. The van der Waals surface area contributed by atoms with Crippen LogP contribution in [0.25, 0.3) is 0 Å². The fraction of sp³-hybridized carbons (Fsp3) is 1.00. The van der Waals surface area contributed by atoms with Crippen LogP contribution in [-0.2, 0) is 0 Å². The summed E-state index contributed by atoms with van der Waals surface area (Å²) >= 11 is 0. The van der Waals surface area contributed by atoms with Gasteiger partial charge in [-0.1, -0.05) is 20.8 Å². The molecule has 0 bridgehead atoms. The third kappa shape index (κ3) is 2.94. The quantitative estimate of drug-likeness (QED) is 0.711. The van der Waals surface area contributed by atoms with E-state index in [2.05, 4.69) is 33.0 Å². The van der Waals surface area contributed by atoms with Gasteiger partial charge in [0.1, 0.15) is 0 Å². The molecule has 2 nitrogen and oxygen atoms in total. The van der Waals surface area contributed by atoms with Crippen molar-refractivity contribution in [2.75, 3.05) is 6.54 Å². The predicted octanol–water partition coefficient (Wildman–Crippen LogP) is 2.56. The van der Waals surface area contributed by atoms with Crippen LogP contribution in [0.2, 0.25) is 0 Å². The molecule has 1 aliphatic carbocycles. The van der Waals surface area contributed by atoms with Crippen LogP contribution in [-0.4, -0.2) is 23.8 Å². The fourth-order valence-corrected chi connectivity index (χ4v) is 1.83. The van der Waals surface area contributed by atoms with Crippen LogP contribution in [0.3, 0.4) is 0 Å². The van der Waals surface area contributed by atoms with E-state index in [9.17, 15) is 5.11 Å². The van der Waals surface area contributed by atoms with Gasteiger partial charge in [-0.15, -0.1) is 0 Å². The first-order chi connectivity index (χ1) is 6.84. The number of hydrogen-bond acceptors (Lipinski definition) is 2. The molecular formula is C13H27NO. The largest absolute Gasteiger partial charge is 0.393 e. The monoisotopic (exact) mass is 213 g/mol. The zero-order valence-corrected chi connectivity index (χ0v) is 10.9. The Hall–Kier alpha value is -0.0800. The summed E-state index contributed by atoms with van der Waals surface area (Å²) in [4.78, 5) is 0. The molecule has 3 atom stereocenters. The average molecular weight is 213 g/mol. The smallest absolute Gasteiger partial charge is 0.0577 e. The molecule has 0 radical (unpaired) electrons. The van der Waals surface area contributed by atoms with E-state index in [1.54, 1.807) is 0 Å². The minimum atomic E-state index is -0.241. The maximum atomic E-state index is 9.76. The number of aliphatic hydroxyl groups excluding tert-OH is 1. The highest BCUT2D eigenvalue weighted by atomic mass is 16.3. The Morgan fingerprint density at radius 3 is 2.27 bits per heavy atom. The summed E-state index contributed by atoms with van der Waals surface area (Å²) in [6.07, 6.45) is 3.47. The van der Waals surface area contributed by atoms with Gasteiger partial charge in [0.05, 0.1) is 6.10 Å². The lowest BCUT2D eigenvalue weighted by atomic mass is 9.81. The van der Waals surface area contributed by atoms with Crippen molar-refractivity contribution in [3.8, 4) is 0 Å². The second kappa shape index (κ2) is 4.42. The summed E-state index contributed by atoms with van der Waals surface area (Å²) in [6, 6.07) is 0.571. The normalized spacial score (nSPS) is 26.8. The van der Waals surface area contributed by atoms with Gasteiger partial charge < -0.3 is 10.4 Å². The van der Waals surface area contributed by atoms with Crippen molar-refractivity contribution in [3.63, 3.8) is 0 Å². The molecule has 1 saturated carbocycles. The first-order valence-corrected chi connectivity index (χ1v) is 6.25. The van der Waals surface area contributed by atoms with Gasteiger partial charge in [-0.2, -0.15) is 0 Å². The minimum absolute atomic E-state index is 0.0134. The van der Waals surface area contributed by atoms with Gasteiger partial charge in [0, 0.05) is 18.0 Å². The van der Waals surface area contributed by atoms with Crippen LogP contribution in [0.15, 0.2) is 0 Å². The van der Waals surface area contributed by atoms with Crippen LogP contribution in [0.5, 0.6) is 0 Å². The summed E-state index contributed by atoms with van der Waals surface area (Å²) < 4.78 is 0. The van der Waals surface area contributed by atoms with Crippen molar-refractivity contribution in [1.82, 2.24) is 5.32 Å². The molecule has 0 aromatic carbocycles. The molecule has 1 aliphatic rings. The third-order valence-corrected chi connectivity index (χ3v) is 4.71. The summed E-state index contributed by atoms with van der Waals surface area (Å²) in [5.74, 6) is 0. The minimum Gasteiger partial charge on any atom is -0.393 e. The number of nitrogens with one attached hydrogen (secondary N) is 1. The molecule has 0 saturated heterocycles. The molecule has 3 unspecified atom stereocenters. The SMILES string of the molecule is CCC(C)(CNC(C)C1(C)CC1)C(C)O. The Labute approximate surface area is 94.5 Å². The van der Waals surface area contributed by atoms with E-state index in [4.69, 9.17) is 0 Å². The molecule has 0 spiro atoms. The van der Waals surface area contributed by atoms with E-state index < -0.39 is 0 Å². The van der Waals surface area contributed by atoms with Gasteiger partial charge in [0.2, 0.25) is 0 Å². The molecule has 1 rings (SSSR count). The molecule has 15 heavy (non-hydrogen) atoms. The van der Waals surface area contributed by atoms with Crippen molar-refractivity contribution >= 4 is 0 Å². The van der Waals surface area contributed by atoms with E-state index in [1.165, 1.54) is 12.8 Å². The average Bonchev–Trinajstić information content (AvgIpc) is 2.93. The first-order valence-electron chi connectivity index (χ1n) is 6.25. The van der Waals surface area contributed by atoms with E-state index in [-0.39, 0.29) is 11.5 Å². The zero-order chi connectivity index (χ0) is 11.7. The van der Waals surface area contributed by atoms with Crippen molar-refractivity contribution in [1.29, 1.82) is 0 Å². The standard InChI is InChI=1S/C13H27NO/c1-6-12(4,11(3)15)9-14-10(2)13(5)7-8-13/h10-11,14-15H,6-9H2,1-5H3. The number of rotatable bonds is 6. The van der Waals surface area contributed by atoms with Crippen molar-refractivity contribution in [2.45, 2.75) is 66.0 Å². The van der Waals surface area contributed by atoms with E-state index >= 15 is 0 Å². The van der Waals surface area contributed by atoms with E-state index in [1.807, 2.05) is 6.92 Å². The van der Waals surface area contributed by atoms with Crippen LogP contribution in [0.1, 0.15) is 53.9 Å². The molecular weight excluding hydrogens is 186 g/mol. The molecule has 0 aliphatic heterocycles. The maximum Gasteiger partial charge on any atom is 0.0577 e. The lowest BCUT2D eigenvalue weighted by Gasteiger charge is -2.34. The van der Waals surface area contributed by atoms with Crippen LogP contribution in [0, 0.1) is 10.8 Å². The number of aliphatic hydroxyl groups is 1. The van der Waals surface area contributed by atoms with Crippen molar-refractivity contribution in [2.24, 2.45) is 10.8 Å². The summed E-state index contributed by atoms with van der Waals surface area (Å²) in [6.45, 7) is 11.7. The molecule has 0 aromatic heterocycles. The highest BCUT2D eigenvalue weighted by Gasteiger charge is 2.43. The predicted molar refractivity (Wildman–Crippen MR) is 64.9 cm³/mol. The topological polar surface area (TPSA) is 32.3 Å². The molecule has 1 fully saturated rings. The third-order valence-electron chi connectivity index (χ3n) is 4.71. The van der Waals surface area contributed by atoms with E-state index in [0.29, 0.717) is 11.5 Å². The summed E-state index contributed by atoms with van der Waals surface area (Å²) in [5.41, 5.74) is 0.535. The van der Waals surface area contributed by atoms with Gasteiger partial charge in [-0.05, 0) is 38.5 Å². The van der Waals surface area contributed by atoms with Crippen LogP contribution >= 0.6 is 0 Å². The Kier molecular flexibility index (Phi) is 3.83. The summed E-state index contributed by atoms with van der Waals surface area (Å²) in [5, 5.41) is 13.4. The van der Waals surface area contributed by atoms with Crippen LogP contribution < -0.4 is 5.32 Å². The Balaban J connectivity index is 2.40.